The first-order chi connectivity index (χ1) is 58.1. The third-order valence-electron chi connectivity index (χ3n) is 21.8. The van der Waals surface area contributed by atoms with E-state index in [4.69, 9.17) is 15.0 Å². The second-order valence-corrected chi connectivity index (χ2v) is 26.5. The molecule has 0 unspecified atom stereocenters. The minimum absolute atomic E-state index is 1.01. The molecule has 117 heavy (non-hydrogen) atoms. The molecular formula is C111H126N6. The van der Waals surface area contributed by atoms with Crippen molar-refractivity contribution in [2.75, 3.05) is 0 Å². The zero-order chi connectivity index (χ0) is 84.3. The number of fused-ring (bicyclic) bond motifs is 38. The highest BCUT2D eigenvalue weighted by molar-refractivity contribution is 6.22. The lowest BCUT2D eigenvalue weighted by atomic mass is 9.93. The van der Waals surface area contributed by atoms with Crippen LogP contribution in [0.5, 0.6) is 0 Å². The van der Waals surface area contributed by atoms with Crippen molar-refractivity contribution in [1.82, 2.24) is 28.2 Å². The third kappa shape index (κ3) is 15.4. The smallest absolute Gasteiger partial charge is 0.145 e. The predicted octanol–water partition coefficient (Wildman–Crippen LogP) is 32.7. The summed E-state index contributed by atoms with van der Waals surface area (Å²) in [6.45, 7) is 48.0. The van der Waals surface area contributed by atoms with Crippen LogP contribution in [-0.4, -0.2) is 28.2 Å². The van der Waals surface area contributed by atoms with Crippen LogP contribution in [-0.2, 0) is 38.5 Å². The van der Waals surface area contributed by atoms with Gasteiger partial charge in [0, 0.05) is 80.3 Å². The molecule has 0 N–H and O–H groups in total. The Morgan fingerprint density at radius 3 is 0.795 bits per heavy atom. The number of rotatable bonds is 0. The highest BCUT2D eigenvalue weighted by Crippen LogP contribution is 2.51. The summed E-state index contributed by atoms with van der Waals surface area (Å²) in [7, 11) is 0. The molecule has 6 heteroatoms. The zero-order valence-corrected chi connectivity index (χ0v) is 74.7. The van der Waals surface area contributed by atoms with Crippen molar-refractivity contribution >= 4 is 82.0 Å². The van der Waals surface area contributed by atoms with E-state index in [9.17, 15) is 0 Å². The van der Waals surface area contributed by atoms with Gasteiger partial charge in [-0.3, -0.25) is 13.2 Å². The summed E-state index contributed by atoms with van der Waals surface area (Å²) < 4.78 is 6.81. The van der Waals surface area contributed by atoms with Gasteiger partial charge < -0.3 is 0 Å². The molecule has 0 saturated heterocycles. The van der Waals surface area contributed by atoms with Gasteiger partial charge in [0.05, 0.1) is 16.6 Å². The van der Waals surface area contributed by atoms with Gasteiger partial charge in [0.1, 0.15) is 16.9 Å². The van der Waals surface area contributed by atoms with Crippen LogP contribution in [0.4, 0.5) is 0 Å². The average molecular weight is 1540 g/mol. The van der Waals surface area contributed by atoms with Crippen LogP contribution >= 0.6 is 0 Å². The van der Waals surface area contributed by atoms with Crippen molar-refractivity contribution < 1.29 is 0 Å². The summed E-state index contributed by atoms with van der Waals surface area (Å²) in [5, 5.41) is 11.7. The molecule has 600 valence electrons. The maximum absolute atomic E-state index is 4.78. The molecule has 6 heterocycles. The van der Waals surface area contributed by atoms with Gasteiger partial charge in [-0.25, -0.2) is 15.0 Å². The van der Waals surface area contributed by atoms with E-state index in [-0.39, 0.29) is 0 Å². The molecule has 0 amide bonds. The number of imidazole rings is 3. The SMILES string of the molecule is CC.CC.CC.CC.CC.CC.CC.CC.CC.CC.CC.CC.c1ccc2c(c1)Cc1cc3c(cc1-2)c1c2c(ccc1c1nccn31)Cc1ccccc1-2.c1ccc2c(c1)Cc1cc3c(cc1-2)c1cc2c(cc1n1ccnc31)-c1ccccc1C2.c1ccc2c(c1)Cc1cc3c4c5c(ccc4c4nccn4c3cc1-2)Cc1ccccc1-5. The molecule has 12 aromatic carbocycles. The van der Waals surface area contributed by atoms with Crippen molar-refractivity contribution in [1.29, 1.82) is 0 Å². The molecule has 0 saturated carbocycles. The third-order valence-corrected chi connectivity index (χ3v) is 21.8. The van der Waals surface area contributed by atoms with Crippen LogP contribution in [0.2, 0.25) is 0 Å². The molecular weight excluding hydrogens is 1420 g/mol. The van der Waals surface area contributed by atoms with Crippen LogP contribution in [0, 0.1) is 0 Å². The van der Waals surface area contributed by atoms with Crippen molar-refractivity contribution in [2.45, 2.75) is 205 Å². The Bertz CT molecular complexity index is 6400. The van der Waals surface area contributed by atoms with Crippen molar-refractivity contribution in [3.8, 4) is 66.8 Å². The molecule has 6 nitrogen and oxygen atoms in total. The number of hydrogen-bond donors (Lipinski definition) is 0. The standard InChI is InChI=1S/3C29H18N2.12C2H6/c1-3-7-21-17(5-1)12-20-14-27-25(15-23(20)21)26-13-19-11-18-6-2-4-8-22(18)24(19)16-28(26)31-10-9-30-29(27)31;1-3-7-21-17(5-1)14-20-15-26-25(16-24(20)21)28-23(29-30-11-12-31(26)29)10-9-19-13-18-6-2-4-8-22(18)27(19)28;1-3-7-21-17(5-1)14-20-15-25-26(16-24(20)21)31-12-11-30-29(31)23-10-9-19-13-18-6-2-4-8-22(18)27(19)28(23)25;12*1-2/h1-10,13-16H,11-12H2;2*1-12,15-16H,13-14H2;12*1-2H3. The van der Waals surface area contributed by atoms with E-state index in [2.05, 4.69) is 250 Å². The molecule has 0 atom stereocenters. The van der Waals surface area contributed by atoms with E-state index in [1.807, 2.05) is 185 Å². The topological polar surface area (TPSA) is 51.9 Å². The molecule has 24 rings (SSSR count). The molecule has 0 bridgehead atoms. The van der Waals surface area contributed by atoms with E-state index in [0.29, 0.717) is 0 Å². The molecule has 0 radical (unpaired) electrons. The number of hydrogen-bond acceptors (Lipinski definition) is 3. The monoisotopic (exact) mass is 1540 g/mol. The Morgan fingerprint density at radius 1 is 0.188 bits per heavy atom. The van der Waals surface area contributed by atoms with Crippen molar-refractivity contribution in [2.24, 2.45) is 0 Å². The Morgan fingerprint density at radius 2 is 0.436 bits per heavy atom. The molecule has 6 aromatic heterocycles. The number of nitrogens with zero attached hydrogens (tertiary/aromatic N) is 6. The van der Waals surface area contributed by atoms with E-state index in [1.54, 1.807) is 0 Å². The molecule has 0 fully saturated rings. The van der Waals surface area contributed by atoms with Gasteiger partial charge in [0.15, 0.2) is 0 Å². The maximum Gasteiger partial charge on any atom is 0.145 e. The Kier molecular flexibility index (Phi) is 30.5. The summed E-state index contributed by atoms with van der Waals surface area (Å²) in [6, 6.07) is 81.5. The first-order valence-electron chi connectivity index (χ1n) is 44.7. The normalized spacial score (nSPS) is 11.4. The van der Waals surface area contributed by atoms with Crippen LogP contribution in [0.1, 0.15) is 233 Å². The summed E-state index contributed by atoms with van der Waals surface area (Å²) in [6.07, 6.45) is 18.2. The lowest BCUT2D eigenvalue weighted by Gasteiger charge is -2.15. The molecule has 0 aliphatic heterocycles. The van der Waals surface area contributed by atoms with Crippen LogP contribution in [0.25, 0.3) is 149 Å². The lowest BCUT2D eigenvalue weighted by molar-refractivity contribution is 1.23. The number of benzene rings is 12. The molecule has 6 aliphatic carbocycles. The van der Waals surface area contributed by atoms with Gasteiger partial charge in [-0.2, -0.15) is 0 Å². The van der Waals surface area contributed by atoms with E-state index < -0.39 is 0 Å². The zero-order valence-electron chi connectivity index (χ0n) is 74.7. The fraction of sp³-hybridized carbons (Fsp3) is 0.270. The second kappa shape index (κ2) is 40.7. The van der Waals surface area contributed by atoms with Gasteiger partial charge >= 0.3 is 0 Å². The summed E-state index contributed by atoms with van der Waals surface area (Å²) >= 11 is 0. The van der Waals surface area contributed by atoms with Crippen LogP contribution in [0.3, 0.4) is 0 Å². The lowest BCUT2D eigenvalue weighted by Crippen LogP contribution is -1.95. The van der Waals surface area contributed by atoms with Crippen molar-refractivity contribution in [3.05, 3.63) is 322 Å². The average Bonchev–Trinajstić information content (AvgIpc) is 1.60. The Hall–Kier alpha value is -11.7. The Balaban J connectivity index is 0.000000164. The highest BCUT2D eigenvalue weighted by Gasteiger charge is 2.30. The van der Waals surface area contributed by atoms with Gasteiger partial charge in [-0.1, -0.05) is 336 Å². The van der Waals surface area contributed by atoms with Gasteiger partial charge in [0.25, 0.3) is 0 Å². The Labute approximate surface area is 699 Å². The number of aromatic nitrogens is 6. The fourth-order valence-electron chi connectivity index (χ4n) is 17.8. The first-order valence-corrected chi connectivity index (χ1v) is 44.7. The second-order valence-electron chi connectivity index (χ2n) is 26.5. The summed E-state index contributed by atoms with van der Waals surface area (Å²) in [5.74, 6) is 0. The minimum atomic E-state index is 1.01. The quantitative estimate of drug-likeness (QED) is 0.142. The molecule has 6 aliphatic rings. The summed E-state index contributed by atoms with van der Waals surface area (Å²) in [5.41, 5.74) is 40.5. The largest absolute Gasteiger partial charge is 0.299 e. The molecule has 18 aromatic rings. The van der Waals surface area contributed by atoms with Gasteiger partial charge in [0.2, 0.25) is 0 Å². The van der Waals surface area contributed by atoms with Gasteiger partial charge in [-0.15, -0.1) is 0 Å². The maximum atomic E-state index is 4.78. The van der Waals surface area contributed by atoms with Crippen molar-refractivity contribution in [3.63, 3.8) is 0 Å². The van der Waals surface area contributed by atoms with E-state index >= 15 is 0 Å². The summed E-state index contributed by atoms with van der Waals surface area (Å²) in [4.78, 5) is 14.3. The molecule has 0 spiro atoms. The minimum Gasteiger partial charge on any atom is -0.299 e. The van der Waals surface area contributed by atoms with Crippen LogP contribution < -0.4 is 0 Å². The van der Waals surface area contributed by atoms with Gasteiger partial charge in [-0.05, 0) is 226 Å². The number of pyridine rings is 3. The van der Waals surface area contributed by atoms with E-state index in [0.717, 1.165) is 55.5 Å². The van der Waals surface area contributed by atoms with Crippen LogP contribution in [0.15, 0.2) is 256 Å². The first kappa shape index (κ1) is 87.7. The highest BCUT2D eigenvalue weighted by atomic mass is 15.0. The van der Waals surface area contributed by atoms with E-state index in [1.165, 1.54) is 199 Å². The fourth-order valence-corrected chi connectivity index (χ4v) is 17.8. The predicted molar refractivity (Wildman–Crippen MR) is 516 cm³/mol.